The van der Waals surface area contributed by atoms with Gasteiger partial charge in [0, 0.05) is 17.0 Å². The van der Waals surface area contributed by atoms with Crippen LogP contribution in [0.3, 0.4) is 0 Å². The second-order valence-corrected chi connectivity index (χ2v) is 6.12. The lowest BCUT2D eigenvalue weighted by Gasteiger charge is -2.15. The number of carbonyl (C=O) groups excluding carboxylic acids is 1. The van der Waals surface area contributed by atoms with E-state index < -0.39 is 5.97 Å². The Bertz CT molecular complexity index is 753. The van der Waals surface area contributed by atoms with Gasteiger partial charge >= 0.3 is 5.97 Å². The second kappa shape index (κ2) is 9.70. The maximum Gasteiger partial charge on any atom is 0.360 e. The average molecular weight is 375 g/mol. The monoisotopic (exact) mass is 375 g/mol. The van der Waals surface area contributed by atoms with E-state index in [1.165, 1.54) is 21.3 Å². The van der Waals surface area contributed by atoms with Crippen LogP contribution in [0.4, 0.5) is 0 Å². The molecule has 1 saturated carbocycles. The topological polar surface area (TPSA) is 91.1 Å². The largest absolute Gasteiger partial charge is 0.464 e. The van der Waals surface area contributed by atoms with Crippen LogP contribution in [0.15, 0.2) is 39.7 Å². The normalized spacial score (nSPS) is 16.6. The molecule has 1 aliphatic carbocycles. The quantitative estimate of drug-likeness (QED) is 0.376. The van der Waals surface area contributed by atoms with Crippen LogP contribution in [0.5, 0.6) is 0 Å². The predicted molar refractivity (Wildman–Crippen MR) is 102 cm³/mol. The van der Waals surface area contributed by atoms with Crippen LogP contribution in [-0.4, -0.2) is 50.5 Å². The molecule has 0 aromatic heterocycles. The van der Waals surface area contributed by atoms with E-state index in [1.807, 2.05) is 19.1 Å². The molecule has 0 aliphatic heterocycles. The Morgan fingerprint density at radius 2 is 1.63 bits per heavy atom. The smallest absolute Gasteiger partial charge is 0.360 e. The molecule has 0 spiro atoms. The molecule has 0 N–H and O–H groups in total. The van der Waals surface area contributed by atoms with E-state index in [4.69, 9.17) is 19.2 Å². The Hall–Kier alpha value is -2.90. The molecule has 1 unspecified atom stereocenters. The molecular formula is C19H25N3O5. The van der Waals surface area contributed by atoms with E-state index in [2.05, 4.69) is 15.5 Å². The van der Waals surface area contributed by atoms with Crippen molar-refractivity contribution in [1.29, 1.82) is 0 Å². The van der Waals surface area contributed by atoms with Crippen molar-refractivity contribution in [2.75, 3.05) is 21.3 Å². The van der Waals surface area contributed by atoms with Gasteiger partial charge in [-0.05, 0) is 26.7 Å². The summed E-state index contributed by atoms with van der Waals surface area (Å²) in [6, 6.07) is 7.21. The van der Waals surface area contributed by atoms with Gasteiger partial charge in [-0.1, -0.05) is 39.7 Å². The Kier molecular flexibility index (Phi) is 7.34. The standard InChI is InChI=1S/C19H25N3O5/c1-12(21-27-18(14-10-11-14)13(2)20-25-4)15-8-6-7-9-16(15)17(22-26-5)19(23)24-3/h6-9,14,18H,10-11H2,1-5H3/b20-13-,21-12-,22-17-. The van der Waals surface area contributed by atoms with Gasteiger partial charge in [0.1, 0.15) is 14.2 Å². The van der Waals surface area contributed by atoms with Crippen LogP contribution in [0, 0.1) is 5.92 Å². The number of rotatable bonds is 9. The third-order valence-electron chi connectivity index (χ3n) is 4.13. The molecule has 1 aromatic carbocycles. The molecule has 1 aromatic rings. The Balaban J connectivity index is 2.32. The van der Waals surface area contributed by atoms with Crippen LogP contribution in [0.25, 0.3) is 0 Å². The van der Waals surface area contributed by atoms with Gasteiger partial charge in [-0.15, -0.1) is 0 Å². The Labute approximate surface area is 158 Å². The average Bonchev–Trinajstić information content (AvgIpc) is 3.51. The number of hydrogen-bond acceptors (Lipinski definition) is 8. The van der Waals surface area contributed by atoms with Crippen molar-refractivity contribution in [3.63, 3.8) is 0 Å². The fraction of sp³-hybridized carbons (Fsp3) is 0.474. The van der Waals surface area contributed by atoms with Crippen molar-refractivity contribution >= 4 is 23.1 Å². The summed E-state index contributed by atoms with van der Waals surface area (Å²) in [5.74, 6) is -0.215. The molecule has 0 heterocycles. The first kappa shape index (κ1) is 20.4. The van der Waals surface area contributed by atoms with E-state index in [0.29, 0.717) is 22.8 Å². The van der Waals surface area contributed by atoms with Crippen LogP contribution >= 0.6 is 0 Å². The number of benzene rings is 1. The summed E-state index contributed by atoms with van der Waals surface area (Å²) in [5.41, 5.74) is 2.62. The lowest BCUT2D eigenvalue weighted by molar-refractivity contribution is -0.132. The molecule has 8 heteroatoms. The number of esters is 1. The lowest BCUT2D eigenvalue weighted by atomic mass is 10.00. The van der Waals surface area contributed by atoms with E-state index >= 15 is 0 Å². The first-order valence-corrected chi connectivity index (χ1v) is 8.60. The van der Waals surface area contributed by atoms with Gasteiger partial charge < -0.3 is 19.2 Å². The molecule has 27 heavy (non-hydrogen) atoms. The third-order valence-corrected chi connectivity index (χ3v) is 4.13. The van der Waals surface area contributed by atoms with Gasteiger partial charge in [-0.3, -0.25) is 0 Å². The van der Waals surface area contributed by atoms with Gasteiger partial charge in [-0.25, -0.2) is 4.79 Å². The minimum atomic E-state index is -0.600. The van der Waals surface area contributed by atoms with Crippen molar-refractivity contribution < 1.29 is 24.0 Å². The number of hydrogen-bond donors (Lipinski definition) is 0. The van der Waals surface area contributed by atoms with Crippen molar-refractivity contribution in [3.8, 4) is 0 Å². The molecule has 0 bridgehead atoms. The molecule has 0 radical (unpaired) electrons. The van der Waals surface area contributed by atoms with E-state index in [9.17, 15) is 4.79 Å². The summed E-state index contributed by atoms with van der Waals surface area (Å²) >= 11 is 0. The van der Waals surface area contributed by atoms with Crippen molar-refractivity contribution in [3.05, 3.63) is 35.4 Å². The number of oxime groups is 3. The summed E-state index contributed by atoms with van der Waals surface area (Å²) in [7, 11) is 4.16. The highest BCUT2D eigenvalue weighted by atomic mass is 16.6. The van der Waals surface area contributed by atoms with Gasteiger partial charge in [0.15, 0.2) is 11.8 Å². The molecule has 1 fully saturated rings. The van der Waals surface area contributed by atoms with Crippen LogP contribution in [0.2, 0.25) is 0 Å². The minimum Gasteiger partial charge on any atom is -0.464 e. The Morgan fingerprint density at radius 1 is 1.00 bits per heavy atom. The highest BCUT2D eigenvalue weighted by Gasteiger charge is 2.36. The van der Waals surface area contributed by atoms with Crippen molar-refractivity contribution in [1.82, 2.24) is 0 Å². The van der Waals surface area contributed by atoms with Gasteiger partial charge in [-0.2, -0.15) is 0 Å². The zero-order valence-electron chi connectivity index (χ0n) is 16.3. The van der Waals surface area contributed by atoms with Crippen molar-refractivity contribution in [2.24, 2.45) is 21.4 Å². The Morgan fingerprint density at radius 3 is 2.19 bits per heavy atom. The molecule has 1 aliphatic rings. The summed E-state index contributed by atoms with van der Waals surface area (Å²) in [4.78, 5) is 27.5. The number of ether oxygens (including phenoxy) is 1. The SMILES string of the molecule is CO/N=C(\C(=O)OC)c1ccccc1/C(C)=N\OC(/C(C)=N\OC)C1CC1. The molecule has 2 rings (SSSR count). The highest BCUT2D eigenvalue weighted by molar-refractivity contribution is 6.44. The lowest BCUT2D eigenvalue weighted by Crippen LogP contribution is -2.24. The highest BCUT2D eigenvalue weighted by Crippen LogP contribution is 2.35. The molecule has 0 amide bonds. The van der Waals surface area contributed by atoms with E-state index in [-0.39, 0.29) is 11.8 Å². The molecule has 8 nitrogen and oxygen atoms in total. The second-order valence-electron chi connectivity index (χ2n) is 6.12. The third kappa shape index (κ3) is 5.29. The molecule has 146 valence electrons. The zero-order valence-corrected chi connectivity index (χ0v) is 16.3. The first-order chi connectivity index (χ1) is 13.0. The fourth-order valence-corrected chi connectivity index (χ4v) is 2.67. The van der Waals surface area contributed by atoms with E-state index in [1.54, 1.807) is 19.1 Å². The van der Waals surface area contributed by atoms with Gasteiger partial charge in [0.05, 0.1) is 18.5 Å². The van der Waals surface area contributed by atoms with Gasteiger partial charge in [0.25, 0.3) is 0 Å². The number of methoxy groups -OCH3 is 1. The summed E-state index contributed by atoms with van der Waals surface area (Å²) < 4.78 is 4.80. The van der Waals surface area contributed by atoms with Gasteiger partial charge in [0.2, 0.25) is 0 Å². The summed E-state index contributed by atoms with van der Waals surface area (Å²) in [6.45, 7) is 3.65. The van der Waals surface area contributed by atoms with Crippen molar-refractivity contribution in [2.45, 2.75) is 32.8 Å². The first-order valence-electron chi connectivity index (χ1n) is 8.60. The fourth-order valence-electron chi connectivity index (χ4n) is 2.67. The number of carbonyl (C=O) groups is 1. The maximum atomic E-state index is 12.1. The maximum absolute atomic E-state index is 12.1. The summed E-state index contributed by atoms with van der Waals surface area (Å²) in [6.07, 6.45) is 1.90. The predicted octanol–water partition coefficient (Wildman–Crippen LogP) is 2.75. The molecule has 0 saturated heterocycles. The minimum absolute atomic E-state index is 0.0565. The van der Waals surface area contributed by atoms with Crippen LogP contribution < -0.4 is 0 Å². The zero-order chi connectivity index (χ0) is 19.8. The summed E-state index contributed by atoms with van der Waals surface area (Å²) in [5, 5.41) is 12.1. The molecule has 1 atom stereocenters. The van der Waals surface area contributed by atoms with Crippen LogP contribution in [-0.2, 0) is 24.0 Å². The van der Waals surface area contributed by atoms with E-state index in [0.717, 1.165) is 18.6 Å². The van der Waals surface area contributed by atoms with Crippen LogP contribution in [0.1, 0.15) is 37.8 Å². The molecular weight excluding hydrogens is 350 g/mol. The number of nitrogens with zero attached hydrogens (tertiary/aromatic N) is 3.